The largest absolute Gasteiger partial charge is 1.00 e. The fourth-order valence-corrected chi connectivity index (χ4v) is 5.53. The van der Waals surface area contributed by atoms with E-state index in [-0.39, 0.29) is 92.4 Å². The number of aromatic nitrogens is 4. The van der Waals surface area contributed by atoms with Gasteiger partial charge in [-0.05, 0) is 0 Å². The number of ether oxygens (including phenoxy) is 1. The van der Waals surface area contributed by atoms with Gasteiger partial charge in [0.2, 0.25) is 0 Å². The summed E-state index contributed by atoms with van der Waals surface area (Å²) in [7, 11) is -18.0. The third-order valence-electron chi connectivity index (χ3n) is 3.88. The zero-order valence-corrected chi connectivity index (χ0v) is 21.6. The van der Waals surface area contributed by atoms with Gasteiger partial charge in [-0.3, -0.25) is 18.0 Å². The quantitative estimate of drug-likeness (QED) is 0.211. The van der Waals surface area contributed by atoms with Crippen LogP contribution in [0.15, 0.2) is 12.7 Å². The third-order valence-corrected chi connectivity index (χ3v) is 7.54. The second-order valence-electron chi connectivity index (χ2n) is 6.02. The molecule has 3 rings (SSSR count). The molecule has 6 atom stereocenters. The maximum atomic E-state index is 11.6. The van der Waals surface area contributed by atoms with Crippen molar-refractivity contribution in [3.05, 3.63) is 12.7 Å². The molecule has 3 heterocycles. The average Bonchev–Trinajstić information content (AvgIpc) is 3.13. The van der Waals surface area contributed by atoms with Crippen LogP contribution in [-0.2, 0) is 31.6 Å². The minimum Gasteiger partial charge on any atom is -0.790 e. The molecule has 174 valence electrons. The number of phosphoric acid groups is 3. The molecule has 0 spiro atoms. The van der Waals surface area contributed by atoms with Gasteiger partial charge in [0.15, 0.2) is 17.7 Å². The van der Waals surface area contributed by atoms with Crippen LogP contribution >= 0.6 is 23.5 Å². The number of nitrogens with zero attached hydrogens (tertiary/aromatic N) is 4. The Labute approximate surface area is 245 Å². The number of fused-ring (bicyclic) bond motifs is 1. The Balaban J connectivity index is 0. The van der Waals surface area contributed by atoms with Crippen LogP contribution in [0.25, 0.3) is 11.2 Å². The van der Waals surface area contributed by atoms with E-state index in [1.54, 1.807) is 0 Å². The van der Waals surface area contributed by atoms with Crippen LogP contribution in [-0.4, -0.2) is 49.5 Å². The number of hydrogen-bond donors (Lipinski definition) is 3. The fraction of sp³-hybridized carbons (Fsp3) is 0.500. The van der Waals surface area contributed by atoms with E-state index >= 15 is 0 Å². The van der Waals surface area contributed by atoms with Crippen molar-refractivity contribution in [1.82, 2.24) is 19.5 Å². The number of anilines is 1. The first-order valence-electron chi connectivity index (χ1n) is 7.92. The number of hydrogen-bond acceptors (Lipinski definition) is 17. The number of phosphoric ester groups is 1. The number of imidazole rings is 1. The minimum absolute atomic E-state index is 0. The van der Waals surface area contributed by atoms with E-state index in [2.05, 4.69) is 28.1 Å². The van der Waals surface area contributed by atoms with Crippen molar-refractivity contribution in [2.45, 2.75) is 24.5 Å². The summed E-state index contributed by atoms with van der Waals surface area (Å²) in [5, 5.41) is 10.2. The Bertz CT molecular complexity index is 1120. The van der Waals surface area contributed by atoms with Crippen LogP contribution in [0.3, 0.4) is 0 Å². The zero-order chi connectivity index (χ0) is 23.2. The Morgan fingerprint density at radius 3 is 2.20 bits per heavy atom. The molecule has 5 N–H and O–H groups in total. The Hall–Kier alpha value is 1.03. The first-order valence-corrected chi connectivity index (χ1v) is 12.3. The number of nitrogen functional groups attached to an aromatic ring is 1. The summed E-state index contributed by atoms with van der Waals surface area (Å²) >= 11 is 0. The molecule has 1 fully saturated rings. The Kier molecular flexibility index (Phi) is 15.7. The number of rotatable bonds is 8. The van der Waals surface area contributed by atoms with Crippen molar-refractivity contribution >= 4 is 40.4 Å². The second-order valence-corrected chi connectivity index (χ2v) is 10.3. The molecule has 6 unspecified atom stereocenters. The number of aliphatic hydroxyl groups is 1. The van der Waals surface area contributed by atoms with E-state index in [0.717, 1.165) is 6.33 Å². The predicted octanol–water partition coefficient (Wildman–Crippen LogP) is -16.2. The molecule has 1 aliphatic heterocycles. The normalized spacial score (nSPS) is 25.2. The van der Waals surface area contributed by atoms with Crippen LogP contribution in [0.5, 0.6) is 0 Å². The molecule has 25 heteroatoms. The summed E-state index contributed by atoms with van der Waals surface area (Å²) < 4.78 is 50.6. The molecular weight excluding hydrogens is 517 g/mol. The van der Waals surface area contributed by atoms with Gasteiger partial charge in [0.25, 0.3) is 15.6 Å². The maximum absolute atomic E-state index is 11.6. The molecule has 0 amide bonds. The standard InChI is InChI=1S/C10H17N6O12P3.4Li/c11-5-7(17)4(1-25-30(21,22)28-31(23,24)27-29(18,19)20)26-10(5)16-3-15-6-8(12)13-2-14-9(6)16;;;;/h2-5,7,10,17H,1,11H2,(H,21,22)(H,23,24)(H2,12,13,14)(H2,18,19,20);;;;/q;4*+1/p-4. The van der Waals surface area contributed by atoms with E-state index in [1.165, 1.54) is 10.9 Å². The van der Waals surface area contributed by atoms with Gasteiger partial charge in [0, 0.05) is 0 Å². The summed E-state index contributed by atoms with van der Waals surface area (Å²) in [5.41, 5.74) is 12.0. The smallest absolute Gasteiger partial charge is 0.790 e. The van der Waals surface area contributed by atoms with Crippen LogP contribution in [0.2, 0.25) is 0 Å². The first-order chi connectivity index (χ1) is 14.2. The van der Waals surface area contributed by atoms with Gasteiger partial charge in [0.1, 0.15) is 24.1 Å². The SMILES string of the molecule is Nc1ncnc2c1ncn2C1OC(COP(=O)([O-])OP(=O)([O-])OP(=O)([O-])[O-])C(O)C1N.[Li+].[Li+].[Li+].[Li+]. The minimum atomic E-state index is -6.12. The topological polar surface area (TPSA) is 296 Å². The van der Waals surface area contributed by atoms with Gasteiger partial charge >= 0.3 is 75.4 Å². The van der Waals surface area contributed by atoms with Crippen molar-refractivity contribution < 1.29 is 132 Å². The van der Waals surface area contributed by atoms with Gasteiger partial charge < -0.3 is 50.0 Å². The van der Waals surface area contributed by atoms with Gasteiger partial charge in [-0.25, -0.2) is 19.3 Å². The van der Waals surface area contributed by atoms with Crippen LogP contribution in [0, 0.1) is 0 Å². The van der Waals surface area contributed by atoms with Crippen molar-refractivity contribution in [1.29, 1.82) is 0 Å². The number of nitrogens with two attached hydrogens (primary N) is 2. The monoisotopic (exact) mass is 530 g/mol. The van der Waals surface area contributed by atoms with Crippen molar-refractivity contribution in [2.24, 2.45) is 5.73 Å². The fourth-order valence-electron chi connectivity index (χ4n) is 2.66. The summed E-state index contributed by atoms with van der Waals surface area (Å²) in [6, 6.07) is -1.14. The van der Waals surface area contributed by atoms with Gasteiger partial charge in [-0.15, -0.1) is 0 Å². The molecule has 0 bridgehead atoms. The molecular formula is C10H13Li4N6O12P3. The van der Waals surface area contributed by atoms with Crippen molar-refractivity contribution in [2.75, 3.05) is 12.3 Å². The molecule has 35 heavy (non-hydrogen) atoms. The van der Waals surface area contributed by atoms with Gasteiger partial charge in [0.05, 0.1) is 26.8 Å². The van der Waals surface area contributed by atoms with Crippen LogP contribution < -0.4 is 106 Å². The van der Waals surface area contributed by atoms with E-state index in [0.29, 0.717) is 0 Å². The van der Waals surface area contributed by atoms with E-state index in [9.17, 15) is 38.4 Å². The second kappa shape index (κ2) is 14.4. The molecule has 18 nitrogen and oxygen atoms in total. The summed E-state index contributed by atoms with van der Waals surface area (Å²) in [4.78, 5) is 55.1. The number of aliphatic hydroxyl groups excluding tert-OH is 1. The van der Waals surface area contributed by atoms with Crippen LogP contribution in [0.1, 0.15) is 6.23 Å². The van der Waals surface area contributed by atoms with Crippen molar-refractivity contribution in [3.8, 4) is 0 Å². The summed E-state index contributed by atoms with van der Waals surface area (Å²) in [5.74, 6) is 0.0603. The molecule has 0 aromatic carbocycles. The molecule has 2 aromatic heterocycles. The Morgan fingerprint density at radius 1 is 1.03 bits per heavy atom. The predicted molar refractivity (Wildman–Crippen MR) is 88.6 cm³/mol. The van der Waals surface area contributed by atoms with Gasteiger partial charge in [-0.1, -0.05) is 0 Å². The molecule has 1 aliphatic rings. The zero-order valence-electron chi connectivity index (χ0n) is 18.9. The van der Waals surface area contributed by atoms with E-state index < -0.39 is 54.6 Å². The van der Waals surface area contributed by atoms with E-state index in [1.807, 2.05) is 0 Å². The van der Waals surface area contributed by atoms with Crippen molar-refractivity contribution in [3.63, 3.8) is 0 Å². The summed E-state index contributed by atoms with van der Waals surface area (Å²) in [6.45, 7) is -0.998. The van der Waals surface area contributed by atoms with Crippen LogP contribution in [0.4, 0.5) is 5.82 Å². The molecule has 0 saturated carbocycles. The first kappa shape index (κ1) is 38.2. The molecule has 0 aliphatic carbocycles. The average molecular weight is 530 g/mol. The van der Waals surface area contributed by atoms with E-state index in [4.69, 9.17) is 16.2 Å². The summed E-state index contributed by atoms with van der Waals surface area (Å²) in [6.07, 6.45) is -1.66. The molecule has 1 saturated heterocycles. The maximum Gasteiger partial charge on any atom is 1.00 e. The Morgan fingerprint density at radius 2 is 1.63 bits per heavy atom. The third kappa shape index (κ3) is 9.93. The van der Waals surface area contributed by atoms with Gasteiger partial charge in [-0.2, -0.15) is 0 Å². The molecule has 2 aromatic rings. The molecule has 0 radical (unpaired) electrons.